The predicted octanol–water partition coefficient (Wildman–Crippen LogP) is 6.45. The molecule has 0 radical (unpaired) electrons. The molecule has 0 fully saturated rings. The normalized spacial score (nSPS) is 10.4. The zero-order valence-electron chi connectivity index (χ0n) is 16.8. The molecule has 32 heavy (non-hydrogen) atoms. The van der Waals surface area contributed by atoms with E-state index in [4.69, 9.17) is 16.9 Å². The van der Waals surface area contributed by atoms with Crippen molar-refractivity contribution in [3.05, 3.63) is 82.3 Å². The van der Waals surface area contributed by atoms with Crippen LogP contribution in [0.3, 0.4) is 0 Å². The van der Waals surface area contributed by atoms with Gasteiger partial charge in [0.25, 0.3) is 5.91 Å². The summed E-state index contributed by atoms with van der Waals surface area (Å²) in [5.41, 5.74) is 4.24. The van der Waals surface area contributed by atoms with Gasteiger partial charge in [0.2, 0.25) is 0 Å². The van der Waals surface area contributed by atoms with Gasteiger partial charge in [0.15, 0.2) is 5.13 Å². The van der Waals surface area contributed by atoms with E-state index >= 15 is 0 Å². The number of pyridine rings is 1. The molecule has 9 heteroatoms. The highest BCUT2D eigenvalue weighted by Gasteiger charge is 2.14. The zero-order valence-corrected chi connectivity index (χ0v) is 19.2. The summed E-state index contributed by atoms with van der Waals surface area (Å²) in [6, 6.07) is 18.3. The Balaban J connectivity index is 1.53. The highest BCUT2D eigenvalue weighted by atomic mass is 35.5. The third-order valence-electron chi connectivity index (χ3n) is 4.43. The molecule has 0 saturated heterocycles. The Bertz CT molecular complexity index is 1310. The van der Waals surface area contributed by atoms with Crippen LogP contribution in [-0.4, -0.2) is 22.1 Å². The number of nitrogens with zero attached hydrogens (tertiary/aromatic N) is 3. The van der Waals surface area contributed by atoms with Crippen molar-refractivity contribution in [3.8, 4) is 17.3 Å². The summed E-state index contributed by atoms with van der Waals surface area (Å²) in [4.78, 5) is 21.4. The van der Waals surface area contributed by atoms with Gasteiger partial charge in [-0.15, -0.1) is 23.1 Å². The third kappa shape index (κ3) is 5.08. The molecule has 158 valence electrons. The number of anilines is 3. The Labute approximate surface area is 198 Å². The van der Waals surface area contributed by atoms with Crippen molar-refractivity contribution in [2.45, 2.75) is 5.03 Å². The topological polar surface area (TPSA) is 90.7 Å². The summed E-state index contributed by atoms with van der Waals surface area (Å²) in [5.74, 6) is -0.252. The molecule has 2 N–H and O–H groups in total. The first-order chi connectivity index (χ1) is 15.6. The molecule has 0 spiro atoms. The largest absolute Gasteiger partial charge is 0.355 e. The van der Waals surface area contributed by atoms with Crippen molar-refractivity contribution in [1.82, 2.24) is 9.97 Å². The molecule has 0 aliphatic rings. The second-order valence-electron chi connectivity index (χ2n) is 6.59. The van der Waals surface area contributed by atoms with Crippen LogP contribution in [0.4, 0.5) is 16.5 Å². The second kappa shape index (κ2) is 9.83. The van der Waals surface area contributed by atoms with Crippen LogP contribution in [0, 0.1) is 11.3 Å². The smallest absolute Gasteiger partial charge is 0.260 e. The number of nitrogens with one attached hydrogen (secondary N) is 2. The molecule has 2 aromatic carbocycles. The van der Waals surface area contributed by atoms with E-state index in [1.165, 1.54) is 23.1 Å². The van der Waals surface area contributed by atoms with Crippen LogP contribution in [0.25, 0.3) is 11.3 Å². The lowest BCUT2D eigenvalue weighted by atomic mass is 10.1. The van der Waals surface area contributed by atoms with Crippen molar-refractivity contribution >= 4 is 57.1 Å². The molecule has 0 aliphatic heterocycles. The minimum Gasteiger partial charge on any atom is -0.355 e. The summed E-state index contributed by atoms with van der Waals surface area (Å²) < 4.78 is 0. The maximum absolute atomic E-state index is 12.6. The average molecular weight is 478 g/mol. The number of aromatic nitrogens is 2. The van der Waals surface area contributed by atoms with Crippen LogP contribution in [0.5, 0.6) is 0 Å². The molecular weight excluding hydrogens is 462 g/mol. The molecule has 0 unspecified atom stereocenters. The maximum atomic E-state index is 12.6. The first-order valence-corrected chi connectivity index (χ1v) is 11.9. The number of rotatable bonds is 6. The predicted molar refractivity (Wildman–Crippen MR) is 131 cm³/mol. The van der Waals surface area contributed by atoms with Gasteiger partial charge in [-0.3, -0.25) is 10.1 Å². The summed E-state index contributed by atoms with van der Waals surface area (Å²) in [6.45, 7) is 0. The Kier molecular flexibility index (Phi) is 6.71. The van der Waals surface area contributed by atoms with Crippen LogP contribution < -0.4 is 10.6 Å². The number of amides is 1. The molecule has 0 aliphatic carbocycles. The zero-order chi connectivity index (χ0) is 22.5. The fraction of sp³-hybridized carbons (Fsp3) is 0.0435. The lowest BCUT2D eigenvalue weighted by Gasteiger charge is -2.09. The fourth-order valence-electron chi connectivity index (χ4n) is 2.96. The maximum Gasteiger partial charge on any atom is 0.260 e. The van der Waals surface area contributed by atoms with Crippen molar-refractivity contribution in [2.24, 2.45) is 0 Å². The number of thiazole rings is 1. The monoisotopic (exact) mass is 477 g/mol. The van der Waals surface area contributed by atoms with Crippen LogP contribution in [0.2, 0.25) is 5.02 Å². The fourth-order valence-corrected chi connectivity index (χ4v) is 4.46. The number of thioether (sulfide) groups is 1. The summed E-state index contributed by atoms with van der Waals surface area (Å²) in [6.07, 6.45) is 3.54. The first kappa shape index (κ1) is 21.8. The van der Waals surface area contributed by atoms with Gasteiger partial charge in [0.05, 0.1) is 22.9 Å². The molecule has 6 nitrogen and oxygen atoms in total. The van der Waals surface area contributed by atoms with E-state index in [1.807, 2.05) is 42.0 Å². The molecule has 2 heterocycles. The molecule has 0 atom stereocenters. The minimum absolute atomic E-state index is 0.252. The molecule has 0 bridgehead atoms. The van der Waals surface area contributed by atoms with Gasteiger partial charge in [-0.2, -0.15) is 5.26 Å². The molecule has 4 rings (SSSR count). The Morgan fingerprint density at radius 3 is 2.72 bits per heavy atom. The van der Waals surface area contributed by atoms with E-state index in [0.717, 1.165) is 16.9 Å². The number of halogens is 1. The average Bonchev–Trinajstić information content (AvgIpc) is 3.27. The van der Waals surface area contributed by atoms with Crippen molar-refractivity contribution in [1.29, 1.82) is 5.26 Å². The SMILES string of the molecule is CSc1ncccc1C(=O)Nc1nc(-c2cc(Cl)cc(Nc3ccc(C#N)cc3)c2)cs1. The quantitative estimate of drug-likeness (QED) is 0.310. The number of nitriles is 1. The van der Waals surface area contributed by atoms with Crippen LogP contribution in [0.15, 0.2) is 71.2 Å². The lowest BCUT2D eigenvalue weighted by Crippen LogP contribution is -2.13. The Hall–Kier alpha value is -3.38. The van der Waals surface area contributed by atoms with Gasteiger partial charge in [-0.1, -0.05) is 11.6 Å². The van der Waals surface area contributed by atoms with Crippen molar-refractivity contribution < 1.29 is 4.79 Å². The second-order valence-corrected chi connectivity index (χ2v) is 8.68. The van der Waals surface area contributed by atoms with Gasteiger partial charge in [0, 0.05) is 33.5 Å². The molecule has 0 saturated carbocycles. The van der Waals surface area contributed by atoms with Gasteiger partial charge in [-0.05, 0) is 60.9 Å². The highest BCUT2D eigenvalue weighted by Crippen LogP contribution is 2.31. The van der Waals surface area contributed by atoms with Crippen LogP contribution in [-0.2, 0) is 0 Å². The van der Waals surface area contributed by atoms with E-state index < -0.39 is 0 Å². The number of benzene rings is 2. The van der Waals surface area contributed by atoms with E-state index in [0.29, 0.717) is 32.0 Å². The number of hydrogen-bond donors (Lipinski definition) is 2. The number of carbonyl (C=O) groups excluding carboxylic acids is 1. The Morgan fingerprint density at radius 1 is 1.16 bits per heavy atom. The van der Waals surface area contributed by atoms with Gasteiger partial charge in [0.1, 0.15) is 5.03 Å². The standard InChI is InChI=1S/C23H16ClN5OS2/c1-31-22-19(3-2-8-26-22)21(30)29-23-28-20(13-32-23)15-9-16(24)11-18(10-15)27-17-6-4-14(12-25)5-7-17/h2-11,13,27H,1H3,(H,28,29,30). The summed E-state index contributed by atoms with van der Waals surface area (Å²) in [7, 11) is 0. The molecular formula is C23H16ClN5OS2. The molecule has 2 aromatic heterocycles. The number of hydrogen-bond acceptors (Lipinski definition) is 7. The Morgan fingerprint density at radius 2 is 1.97 bits per heavy atom. The van der Waals surface area contributed by atoms with E-state index in [1.54, 1.807) is 30.5 Å². The first-order valence-electron chi connectivity index (χ1n) is 9.40. The van der Waals surface area contributed by atoms with E-state index in [-0.39, 0.29) is 5.91 Å². The van der Waals surface area contributed by atoms with Gasteiger partial charge < -0.3 is 5.32 Å². The number of carbonyl (C=O) groups is 1. The molecule has 1 amide bonds. The lowest BCUT2D eigenvalue weighted by molar-refractivity contribution is 0.102. The van der Waals surface area contributed by atoms with Crippen LogP contribution >= 0.6 is 34.7 Å². The van der Waals surface area contributed by atoms with Gasteiger partial charge >= 0.3 is 0 Å². The molecule has 4 aromatic rings. The van der Waals surface area contributed by atoms with Crippen LogP contribution in [0.1, 0.15) is 15.9 Å². The van der Waals surface area contributed by atoms with Crippen molar-refractivity contribution in [3.63, 3.8) is 0 Å². The van der Waals surface area contributed by atoms with E-state index in [2.05, 4.69) is 26.7 Å². The van der Waals surface area contributed by atoms with Gasteiger partial charge in [-0.25, -0.2) is 9.97 Å². The highest BCUT2D eigenvalue weighted by molar-refractivity contribution is 7.98. The summed E-state index contributed by atoms with van der Waals surface area (Å²) >= 11 is 9.08. The van der Waals surface area contributed by atoms with E-state index in [9.17, 15) is 4.79 Å². The third-order valence-corrected chi connectivity index (χ3v) is 6.12. The van der Waals surface area contributed by atoms with Crippen molar-refractivity contribution in [2.75, 3.05) is 16.9 Å². The minimum atomic E-state index is -0.252. The summed E-state index contributed by atoms with van der Waals surface area (Å²) in [5, 5.41) is 18.6.